The minimum Gasteiger partial charge on any atom is -0.397 e. The smallest absolute Gasteiger partial charge is 0.143 e. The zero-order chi connectivity index (χ0) is 12.4. The van der Waals surface area contributed by atoms with Gasteiger partial charge in [0.05, 0.1) is 33.6 Å². The highest BCUT2D eigenvalue weighted by atomic mass is 35.5. The summed E-state index contributed by atoms with van der Waals surface area (Å²) in [7, 11) is 0. The summed E-state index contributed by atoms with van der Waals surface area (Å²) in [5.74, 6) is -0.488. The van der Waals surface area contributed by atoms with Crippen LogP contribution < -0.4 is 11.1 Å². The van der Waals surface area contributed by atoms with Crippen molar-refractivity contribution in [1.82, 2.24) is 4.98 Å². The van der Waals surface area contributed by atoms with Crippen molar-refractivity contribution in [3.63, 3.8) is 0 Å². The van der Waals surface area contributed by atoms with Crippen LogP contribution in [0.5, 0.6) is 0 Å². The van der Waals surface area contributed by atoms with Crippen molar-refractivity contribution in [1.29, 1.82) is 0 Å². The average Bonchev–Trinajstić information content (AvgIpc) is 2.68. The first-order chi connectivity index (χ1) is 8.06. The largest absolute Gasteiger partial charge is 0.397 e. The van der Waals surface area contributed by atoms with Crippen molar-refractivity contribution in [2.75, 3.05) is 11.1 Å². The third-order valence-corrected chi connectivity index (χ3v) is 3.33. The maximum absolute atomic E-state index is 13.2. The van der Waals surface area contributed by atoms with Gasteiger partial charge < -0.3 is 11.1 Å². The molecule has 6 heteroatoms. The number of nitrogens with one attached hydrogen (secondary N) is 1. The molecule has 0 aliphatic heterocycles. The minimum atomic E-state index is -0.488. The van der Waals surface area contributed by atoms with E-state index in [9.17, 15) is 4.39 Å². The standard InChI is InChI=1S/C11H11ClFN3S/c1-6-16-7(5-17-6)4-15-11-3-9(13)8(12)2-10(11)14/h2-3,5,15H,4,14H2,1H3. The molecule has 2 aromatic rings. The van der Waals surface area contributed by atoms with Gasteiger partial charge in [-0.25, -0.2) is 9.37 Å². The first-order valence-corrected chi connectivity index (χ1v) is 6.21. The van der Waals surface area contributed by atoms with Crippen LogP contribution in [0.3, 0.4) is 0 Å². The Labute approximate surface area is 107 Å². The molecular weight excluding hydrogens is 261 g/mol. The highest BCUT2D eigenvalue weighted by Crippen LogP contribution is 2.26. The summed E-state index contributed by atoms with van der Waals surface area (Å²) in [5.41, 5.74) is 7.58. The van der Waals surface area contributed by atoms with Gasteiger partial charge in [-0.1, -0.05) is 11.6 Å². The van der Waals surface area contributed by atoms with Crippen LogP contribution in [0, 0.1) is 12.7 Å². The minimum absolute atomic E-state index is 0.0255. The number of hydrogen-bond acceptors (Lipinski definition) is 4. The van der Waals surface area contributed by atoms with Crippen molar-refractivity contribution in [2.24, 2.45) is 0 Å². The van der Waals surface area contributed by atoms with E-state index in [1.54, 1.807) is 11.3 Å². The molecule has 0 spiro atoms. The first kappa shape index (κ1) is 12.1. The molecule has 0 aliphatic carbocycles. The molecule has 0 fully saturated rings. The van der Waals surface area contributed by atoms with E-state index in [-0.39, 0.29) is 5.02 Å². The second-order valence-corrected chi connectivity index (χ2v) is 5.03. The van der Waals surface area contributed by atoms with E-state index in [0.717, 1.165) is 10.7 Å². The molecule has 17 heavy (non-hydrogen) atoms. The summed E-state index contributed by atoms with van der Waals surface area (Å²) in [5, 5.41) is 6.00. The molecule has 0 saturated heterocycles. The Morgan fingerprint density at radius 3 is 2.94 bits per heavy atom. The highest BCUT2D eigenvalue weighted by molar-refractivity contribution is 7.09. The summed E-state index contributed by atoms with van der Waals surface area (Å²) in [6.07, 6.45) is 0. The fraction of sp³-hybridized carbons (Fsp3) is 0.182. The van der Waals surface area contributed by atoms with Crippen LogP contribution >= 0.6 is 22.9 Å². The number of hydrogen-bond donors (Lipinski definition) is 2. The van der Waals surface area contributed by atoms with Gasteiger partial charge in [0.1, 0.15) is 5.82 Å². The number of nitrogens with zero attached hydrogens (tertiary/aromatic N) is 1. The fourth-order valence-corrected chi connectivity index (χ4v) is 2.18. The van der Waals surface area contributed by atoms with Crippen molar-refractivity contribution in [2.45, 2.75) is 13.5 Å². The van der Waals surface area contributed by atoms with E-state index in [0.29, 0.717) is 17.9 Å². The molecule has 0 saturated carbocycles. The van der Waals surface area contributed by atoms with Gasteiger partial charge in [0.2, 0.25) is 0 Å². The molecular formula is C11H11ClFN3S. The van der Waals surface area contributed by atoms with Crippen LogP contribution in [-0.4, -0.2) is 4.98 Å². The van der Waals surface area contributed by atoms with Crippen molar-refractivity contribution >= 4 is 34.3 Å². The number of aromatic nitrogens is 1. The van der Waals surface area contributed by atoms with Gasteiger partial charge in [-0.3, -0.25) is 0 Å². The SMILES string of the molecule is Cc1nc(CNc2cc(F)c(Cl)cc2N)cs1. The maximum Gasteiger partial charge on any atom is 0.143 e. The Balaban J connectivity index is 2.11. The molecule has 90 valence electrons. The van der Waals surface area contributed by atoms with Crippen LogP contribution in [0.25, 0.3) is 0 Å². The molecule has 3 N–H and O–H groups in total. The predicted molar refractivity (Wildman–Crippen MR) is 70.0 cm³/mol. The lowest BCUT2D eigenvalue weighted by molar-refractivity contribution is 0.629. The summed E-state index contributed by atoms with van der Waals surface area (Å²) in [6.45, 7) is 2.44. The second kappa shape index (κ2) is 4.89. The van der Waals surface area contributed by atoms with Crippen molar-refractivity contribution in [3.05, 3.63) is 39.1 Å². The Kier molecular flexibility index (Phi) is 3.49. The Hall–Kier alpha value is -1.33. The lowest BCUT2D eigenvalue weighted by atomic mass is 10.2. The number of rotatable bonds is 3. The van der Waals surface area contributed by atoms with Gasteiger partial charge in [-0.15, -0.1) is 11.3 Å². The average molecular weight is 272 g/mol. The van der Waals surface area contributed by atoms with Gasteiger partial charge in [-0.05, 0) is 13.0 Å². The van der Waals surface area contributed by atoms with Gasteiger partial charge in [-0.2, -0.15) is 0 Å². The summed E-state index contributed by atoms with van der Waals surface area (Å²) in [4.78, 5) is 4.29. The quantitative estimate of drug-likeness (QED) is 0.841. The van der Waals surface area contributed by atoms with E-state index < -0.39 is 5.82 Å². The van der Waals surface area contributed by atoms with E-state index in [1.807, 2.05) is 12.3 Å². The normalized spacial score (nSPS) is 10.5. The number of benzene rings is 1. The van der Waals surface area contributed by atoms with Crippen molar-refractivity contribution < 1.29 is 4.39 Å². The monoisotopic (exact) mass is 271 g/mol. The maximum atomic E-state index is 13.2. The molecule has 0 unspecified atom stereocenters. The number of thiazole rings is 1. The van der Waals surface area contributed by atoms with E-state index in [1.165, 1.54) is 12.1 Å². The van der Waals surface area contributed by atoms with Gasteiger partial charge in [0.25, 0.3) is 0 Å². The second-order valence-electron chi connectivity index (χ2n) is 3.56. The number of nitrogens with two attached hydrogens (primary N) is 1. The summed E-state index contributed by atoms with van der Waals surface area (Å²) >= 11 is 7.18. The van der Waals surface area contributed by atoms with Gasteiger partial charge >= 0.3 is 0 Å². The van der Waals surface area contributed by atoms with Gasteiger partial charge in [0.15, 0.2) is 0 Å². The predicted octanol–water partition coefficient (Wildman–Crippen LogP) is 3.44. The van der Waals surface area contributed by atoms with Gasteiger partial charge in [0, 0.05) is 11.4 Å². The molecule has 0 atom stereocenters. The van der Waals surface area contributed by atoms with Crippen molar-refractivity contribution in [3.8, 4) is 0 Å². The molecule has 2 rings (SSSR count). The Morgan fingerprint density at radius 1 is 1.53 bits per heavy atom. The van der Waals surface area contributed by atoms with Crippen LogP contribution in [0.1, 0.15) is 10.7 Å². The molecule has 0 radical (unpaired) electrons. The molecule has 0 aliphatic rings. The Morgan fingerprint density at radius 2 is 2.29 bits per heavy atom. The molecule has 1 aromatic carbocycles. The van der Waals surface area contributed by atoms with E-state index in [4.69, 9.17) is 17.3 Å². The third kappa shape index (κ3) is 2.87. The summed E-state index contributed by atoms with van der Waals surface area (Å²) in [6, 6.07) is 2.68. The lowest BCUT2D eigenvalue weighted by Crippen LogP contribution is -2.03. The summed E-state index contributed by atoms with van der Waals surface area (Å²) < 4.78 is 13.2. The zero-order valence-electron chi connectivity index (χ0n) is 9.13. The Bertz CT molecular complexity index is 542. The first-order valence-electron chi connectivity index (χ1n) is 4.95. The molecule has 1 heterocycles. The molecule has 3 nitrogen and oxygen atoms in total. The number of aryl methyl sites for hydroxylation is 1. The third-order valence-electron chi connectivity index (χ3n) is 2.22. The number of anilines is 2. The number of nitrogen functional groups attached to an aromatic ring is 1. The highest BCUT2D eigenvalue weighted by Gasteiger charge is 2.06. The van der Waals surface area contributed by atoms with Crippen LogP contribution in [0.4, 0.5) is 15.8 Å². The molecule has 0 bridgehead atoms. The fourth-order valence-electron chi connectivity index (χ4n) is 1.39. The van der Waals surface area contributed by atoms with E-state index >= 15 is 0 Å². The van der Waals surface area contributed by atoms with Crippen LogP contribution in [-0.2, 0) is 6.54 Å². The lowest BCUT2D eigenvalue weighted by Gasteiger charge is -2.08. The topological polar surface area (TPSA) is 50.9 Å². The van der Waals surface area contributed by atoms with Crippen LogP contribution in [0.15, 0.2) is 17.5 Å². The number of halogens is 2. The molecule has 1 aromatic heterocycles. The van der Waals surface area contributed by atoms with E-state index in [2.05, 4.69) is 10.3 Å². The van der Waals surface area contributed by atoms with Crippen LogP contribution in [0.2, 0.25) is 5.02 Å². The molecule has 0 amide bonds. The zero-order valence-corrected chi connectivity index (χ0v) is 10.7.